The van der Waals surface area contributed by atoms with Gasteiger partial charge in [-0.3, -0.25) is 9.09 Å². The average molecular weight is 530 g/mol. The number of ether oxygens (including phenoxy) is 1. The summed E-state index contributed by atoms with van der Waals surface area (Å²) < 4.78 is 52.6. The van der Waals surface area contributed by atoms with E-state index in [1.54, 1.807) is 0 Å². The van der Waals surface area contributed by atoms with Gasteiger partial charge in [0.05, 0.1) is 19.0 Å². The summed E-state index contributed by atoms with van der Waals surface area (Å²) in [5.41, 5.74) is 4.41. The van der Waals surface area contributed by atoms with Crippen LogP contribution in [0.15, 0.2) is 12.7 Å². The monoisotopic (exact) mass is 530 g/mol. The highest BCUT2D eigenvalue weighted by molar-refractivity contribution is 7.66. The van der Waals surface area contributed by atoms with E-state index in [0.29, 0.717) is 0 Å². The molecule has 3 rings (SSSR count). The Labute approximate surface area is 184 Å². The lowest BCUT2D eigenvalue weighted by atomic mass is 9.84. The molecule has 2 aromatic heterocycles. The third kappa shape index (κ3) is 5.47. The number of rotatable bonds is 8. The Balaban J connectivity index is 1.79. The topological polar surface area (TPSA) is 283 Å². The zero-order chi connectivity index (χ0) is 24.8. The van der Waals surface area contributed by atoms with Crippen molar-refractivity contribution in [3.8, 4) is 6.07 Å². The maximum atomic E-state index is 11.9. The van der Waals surface area contributed by atoms with Crippen molar-refractivity contribution >= 4 is 40.4 Å². The molecule has 6 atom stereocenters. The van der Waals surface area contributed by atoms with Gasteiger partial charge < -0.3 is 35.2 Å². The molecule has 182 valence electrons. The number of aromatic nitrogens is 4. The van der Waals surface area contributed by atoms with Crippen LogP contribution in [0.4, 0.5) is 5.82 Å². The second kappa shape index (κ2) is 8.75. The Morgan fingerprint density at radius 1 is 1.21 bits per heavy atom. The minimum atomic E-state index is -5.72. The molecule has 3 heterocycles. The lowest BCUT2D eigenvalue weighted by Gasteiger charge is -2.25. The highest BCUT2D eigenvalue weighted by Gasteiger charge is 2.56. The molecule has 2 unspecified atom stereocenters. The van der Waals surface area contributed by atoms with Crippen LogP contribution in [0.5, 0.6) is 0 Å². The fourth-order valence-electron chi connectivity index (χ4n) is 3.03. The number of hydrogen-bond donors (Lipinski definition) is 6. The summed E-state index contributed by atoms with van der Waals surface area (Å²) in [6, 6.07) is 1.89. The third-order valence-corrected chi connectivity index (χ3v) is 8.28. The zero-order valence-corrected chi connectivity index (χ0v) is 19.0. The van der Waals surface area contributed by atoms with Gasteiger partial charge in [-0.25, -0.2) is 28.6 Å². The van der Waals surface area contributed by atoms with Crippen LogP contribution < -0.4 is 5.73 Å². The van der Waals surface area contributed by atoms with Crippen LogP contribution in [0, 0.1) is 16.7 Å². The molecule has 1 saturated heterocycles. The lowest BCUT2D eigenvalue weighted by Crippen LogP contribution is -2.37. The number of aliphatic hydroxyl groups excluding tert-OH is 1. The van der Waals surface area contributed by atoms with E-state index in [-0.39, 0.29) is 17.0 Å². The molecule has 1 aliphatic rings. The molecule has 0 radical (unpaired) electrons. The summed E-state index contributed by atoms with van der Waals surface area (Å²) >= 11 is 0. The van der Waals surface area contributed by atoms with Gasteiger partial charge in [0.1, 0.15) is 29.5 Å². The first-order valence-electron chi connectivity index (χ1n) is 8.55. The molecule has 2 aromatic rings. The molecule has 0 aromatic carbocycles. The second-order valence-corrected chi connectivity index (χ2v) is 11.3. The van der Waals surface area contributed by atoms with Crippen LogP contribution in [0.1, 0.15) is 13.2 Å². The number of fused-ring (bicyclic) bond motifs is 1. The van der Waals surface area contributed by atoms with Crippen molar-refractivity contribution in [3.05, 3.63) is 12.7 Å². The Morgan fingerprint density at radius 3 is 2.48 bits per heavy atom. The minimum absolute atomic E-state index is 0.0418. The quantitative estimate of drug-likeness (QED) is 0.235. The summed E-state index contributed by atoms with van der Waals surface area (Å²) in [7, 11) is -16.7. The Morgan fingerprint density at radius 2 is 1.88 bits per heavy atom. The zero-order valence-electron chi connectivity index (χ0n) is 16.3. The molecule has 21 heteroatoms. The van der Waals surface area contributed by atoms with Crippen molar-refractivity contribution in [3.63, 3.8) is 0 Å². The number of phosphoric acid groups is 3. The third-order valence-electron chi connectivity index (χ3n) is 4.48. The first-order valence-corrected chi connectivity index (χ1v) is 13.1. The van der Waals surface area contributed by atoms with Crippen molar-refractivity contribution in [2.45, 2.75) is 25.4 Å². The molecular formula is C12H17N6O12P3. The van der Waals surface area contributed by atoms with E-state index in [9.17, 15) is 33.9 Å². The van der Waals surface area contributed by atoms with Gasteiger partial charge in [-0.15, -0.1) is 0 Å². The number of hydrogen-bond acceptors (Lipinski definition) is 13. The standard InChI is InChI=1S/C12H17N6O12P3/c1-12(3-13)8(19)6(2-27-32(23,24)30-33(25,26)29-31(20,21)22)28-11(12)18-5-17-7-9(14)15-4-16-10(7)18/h4-6,8,11,19H,2H2,1H3,(H,23,24)(H,25,26)(H2,14,15,16)(H2,20,21,22)/t6-,8-,11-,12-/m1/s1. The van der Waals surface area contributed by atoms with E-state index < -0.39 is 53.9 Å². The molecule has 1 aliphatic heterocycles. The average Bonchev–Trinajstić information content (AvgIpc) is 3.18. The van der Waals surface area contributed by atoms with Crippen LogP contribution in [0.25, 0.3) is 11.2 Å². The van der Waals surface area contributed by atoms with Gasteiger partial charge in [-0.2, -0.15) is 13.9 Å². The van der Waals surface area contributed by atoms with Gasteiger partial charge in [-0.05, 0) is 6.92 Å². The van der Waals surface area contributed by atoms with E-state index in [4.69, 9.17) is 20.3 Å². The molecule has 0 aliphatic carbocycles. The van der Waals surface area contributed by atoms with Gasteiger partial charge in [0.25, 0.3) is 0 Å². The summed E-state index contributed by atoms with van der Waals surface area (Å²) in [4.78, 5) is 47.7. The van der Waals surface area contributed by atoms with E-state index in [0.717, 1.165) is 6.33 Å². The predicted molar refractivity (Wildman–Crippen MR) is 103 cm³/mol. The molecule has 7 N–H and O–H groups in total. The van der Waals surface area contributed by atoms with Gasteiger partial charge in [0.2, 0.25) is 0 Å². The lowest BCUT2D eigenvalue weighted by molar-refractivity contribution is -0.0461. The van der Waals surface area contributed by atoms with Crippen molar-refractivity contribution in [2.75, 3.05) is 12.3 Å². The van der Waals surface area contributed by atoms with Crippen LogP contribution in [0.3, 0.4) is 0 Å². The van der Waals surface area contributed by atoms with Crippen LogP contribution in [-0.2, 0) is 31.6 Å². The van der Waals surface area contributed by atoms with E-state index >= 15 is 0 Å². The van der Waals surface area contributed by atoms with Crippen molar-refractivity contribution in [1.82, 2.24) is 19.5 Å². The summed E-state index contributed by atoms with van der Waals surface area (Å²) in [6.45, 7) is 0.367. The van der Waals surface area contributed by atoms with Gasteiger partial charge in [0, 0.05) is 0 Å². The fourth-order valence-corrected chi connectivity index (χ4v) is 6.06. The molecule has 0 bridgehead atoms. The smallest absolute Gasteiger partial charge is 0.388 e. The normalized spacial score (nSPS) is 29.4. The van der Waals surface area contributed by atoms with Gasteiger partial charge in [0.15, 0.2) is 17.7 Å². The molecular weight excluding hydrogens is 513 g/mol. The summed E-state index contributed by atoms with van der Waals surface area (Å²) in [5, 5.41) is 20.3. The number of imidazole rings is 1. The maximum Gasteiger partial charge on any atom is 0.490 e. The fraction of sp³-hybridized carbons (Fsp3) is 0.500. The van der Waals surface area contributed by atoms with Crippen LogP contribution >= 0.6 is 23.5 Å². The Kier molecular flexibility index (Phi) is 6.84. The number of nitrogens with two attached hydrogens (primary N) is 1. The minimum Gasteiger partial charge on any atom is -0.388 e. The molecule has 0 saturated carbocycles. The number of aliphatic hydroxyl groups is 1. The highest BCUT2D eigenvalue weighted by Crippen LogP contribution is 2.66. The van der Waals surface area contributed by atoms with Crippen molar-refractivity contribution in [2.24, 2.45) is 5.41 Å². The van der Waals surface area contributed by atoms with E-state index in [1.165, 1.54) is 17.8 Å². The maximum absolute atomic E-state index is 11.9. The van der Waals surface area contributed by atoms with Gasteiger partial charge >= 0.3 is 23.5 Å². The molecule has 1 fully saturated rings. The number of nitrogen functional groups attached to an aromatic ring is 1. The number of nitrogens with zero attached hydrogens (tertiary/aromatic N) is 5. The molecule has 0 spiro atoms. The second-order valence-electron chi connectivity index (χ2n) is 6.84. The van der Waals surface area contributed by atoms with Crippen LogP contribution in [-0.4, -0.2) is 63.0 Å². The Bertz CT molecular complexity index is 1240. The highest BCUT2D eigenvalue weighted by atomic mass is 31.3. The summed E-state index contributed by atoms with van der Waals surface area (Å²) in [6.07, 6.45) is -1.96. The largest absolute Gasteiger partial charge is 0.490 e. The number of phosphoric ester groups is 1. The van der Waals surface area contributed by atoms with Gasteiger partial charge in [-0.1, -0.05) is 0 Å². The molecule has 18 nitrogen and oxygen atoms in total. The first kappa shape index (κ1) is 25.8. The SMILES string of the molecule is C[C@@]1(C#N)[C@H](O)[C@@H](COP(=O)(O)OP(=O)(O)OP(=O)(O)O)O[C@H]1n1cnc2c(N)ncnc21. The Hall–Kier alpha value is -1.83. The van der Waals surface area contributed by atoms with E-state index in [1.807, 2.05) is 6.07 Å². The van der Waals surface area contributed by atoms with Crippen molar-refractivity contribution < 1.29 is 56.3 Å². The predicted octanol–water partition coefficient (Wildman–Crippen LogP) is -0.460. The van der Waals surface area contributed by atoms with Crippen molar-refractivity contribution in [1.29, 1.82) is 5.26 Å². The number of nitriles is 1. The summed E-state index contributed by atoms with van der Waals surface area (Å²) in [5.74, 6) is 0.0418. The van der Waals surface area contributed by atoms with E-state index in [2.05, 4.69) is 28.1 Å². The number of anilines is 1. The molecule has 0 amide bonds. The first-order chi connectivity index (χ1) is 15.1. The molecule has 33 heavy (non-hydrogen) atoms. The van der Waals surface area contributed by atoms with Crippen LogP contribution in [0.2, 0.25) is 0 Å².